The third-order valence-electron chi connectivity index (χ3n) is 15.2. The smallest absolute Gasteiger partial charge is 0.317 e. The average molecular weight is 969 g/mol. The van der Waals surface area contributed by atoms with E-state index in [1.54, 1.807) is 0 Å². The second kappa shape index (κ2) is 19.8. The van der Waals surface area contributed by atoms with Crippen molar-refractivity contribution in [1.29, 1.82) is 0 Å². The molecule has 0 aromatic carbocycles. The van der Waals surface area contributed by atoms with Gasteiger partial charge in [0.05, 0.1) is 98.9 Å². The van der Waals surface area contributed by atoms with Crippen molar-refractivity contribution in [2.75, 3.05) is 26.4 Å². The van der Waals surface area contributed by atoms with Gasteiger partial charge in [0.15, 0.2) is 0 Å². The van der Waals surface area contributed by atoms with E-state index >= 15 is 0 Å². The number of carbonyl (C=O) groups is 4. The van der Waals surface area contributed by atoms with Gasteiger partial charge in [0.2, 0.25) is 0 Å². The lowest BCUT2D eigenvalue weighted by Crippen LogP contribution is -2.67. The Bertz CT molecular complexity index is 1460. The number of hydrogen-bond acceptors (Lipinski definition) is 16. The number of esters is 4. The molecule has 0 radical (unpaired) electrons. The predicted octanol–water partition coefficient (Wildman–Crippen LogP) is 6.36. The number of carbonyl (C=O) groups excluding carboxylic acids is 4. The summed E-state index contributed by atoms with van der Waals surface area (Å²) in [5, 5.41) is 0. The van der Waals surface area contributed by atoms with Crippen molar-refractivity contribution < 1.29 is 73.5 Å². The summed E-state index contributed by atoms with van der Waals surface area (Å²) < 4.78 is 75.3. The normalized spacial score (nSPS) is 43.9. The third-order valence-corrected chi connectivity index (χ3v) is 34.0. The molecule has 5 saturated heterocycles. The van der Waals surface area contributed by atoms with Gasteiger partial charge < -0.3 is 54.4 Å². The van der Waals surface area contributed by atoms with Crippen LogP contribution in [0.25, 0.3) is 0 Å². The first-order valence-electron chi connectivity index (χ1n) is 24.7. The molecule has 9 rings (SSSR count). The summed E-state index contributed by atoms with van der Waals surface area (Å²) in [6, 6.07) is 2.22. The molecule has 5 aliphatic heterocycles. The molecular weight excluding hydrogens is 897 g/mol. The molecule has 0 N–H and O–H groups in total. The number of hydrogen-bond donors (Lipinski definition) is 0. The van der Waals surface area contributed by atoms with Crippen molar-refractivity contribution in [2.45, 2.75) is 202 Å². The highest BCUT2D eigenvalue weighted by Gasteiger charge is 2.57. The molecule has 20 heteroatoms. The molecule has 4 aliphatic carbocycles. The van der Waals surface area contributed by atoms with Gasteiger partial charge in [-0.3, -0.25) is 19.2 Å². The van der Waals surface area contributed by atoms with E-state index in [1.165, 1.54) is 0 Å². The van der Waals surface area contributed by atoms with E-state index < -0.39 is 34.2 Å². The van der Waals surface area contributed by atoms with Gasteiger partial charge in [-0.15, -0.1) is 0 Å². The van der Waals surface area contributed by atoms with Crippen LogP contribution in [0.5, 0.6) is 0 Å². The zero-order valence-corrected chi connectivity index (χ0v) is 42.4. The van der Waals surface area contributed by atoms with E-state index in [-0.39, 0.29) is 98.4 Å². The van der Waals surface area contributed by atoms with Crippen LogP contribution >= 0.6 is 0 Å². The largest absolute Gasteiger partial charge is 0.465 e. The molecule has 9 fully saturated rings. The number of rotatable bonds is 20. The van der Waals surface area contributed by atoms with Crippen LogP contribution in [0.3, 0.4) is 0 Å². The Hall–Kier alpha value is -1.57. The van der Waals surface area contributed by atoms with Crippen molar-refractivity contribution in [1.82, 2.24) is 0 Å². The molecule has 4 saturated carbocycles. The zero-order valence-electron chi connectivity index (χ0n) is 38.4. The second-order valence-corrected chi connectivity index (χ2v) is 35.3. The van der Waals surface area contributed by atoms with Crippen molar-refractivity contribution in [3.63, 3.8) is 0 Å². The molecule has 0 spiro atoms. The van der Waals surface area contributed by atoms with E-state index in [1.807, 2.05) is 0 Å². The molecule has 360 valence electrons. The van der Waals surface area contributed by atoms with Crippen LogP contribution in [-0.2, 0) is 73.5 Å². The molecule has 12 unspecified atom stereocenters. The minimum Gasteiger partial charge on any atom is -0.465 e. The highest BCUT2D eigenvalue weighted by molar-refractivity contribution is 6.93. The highest BCUT2D eigenvalue weighted by atomic mass is 28.5. The maximum Gasteiger partial charge on any atom is 0.317 e. The third kappa shape index (κ3) is 12.5. The van der Waals surface area contributed by atoms with Crippen molar-refractivity contribution in [3.8, 4) is 0 Å². The van der Waals surface area contributed by atoms with Gasteiger partial charge in [0, 0.05) is 0 Å². The molecule has 64 heavy (non-hydrogen) atoms. The summed E-state index contributed by atoms with van der Waals surface area (Å²) in [6.45, 7) is 9.30. The quantitative estimate of drug-likeness (QED) is 0.0430. The maximum absolute atomic E-state index is 13.1. The standard InChI is InChI=1S/C44H72O16Si4/c1-61(21-5-17-49-41(45)29-9-13-33-37(25-29)53-33)57-62(2,22-6-18-50-42(46)30-10-14-34-38(26-30)54-34)59-64(4,24-8-20-52-44(48)32-12-16-36-40(28-32)56-36)60-63(3,58-61)23-7-19-51-43(47)31-11-15-35-39(27-31)55-35/h29-40H,5-28H2,1-4H3. The fourth-order valence-electron chi connectivity index (χ4n) is 11.5. The number of fused-ring (bicyclic) bond motifs is 4. The second-order valence-electron chi connectivity index (χ2n) is 20.9. The molecule has 16 nitrogen and oxygen atoms in total. The zero-order chi connectivity index (χ0) is 44.7. The monoisotopic (exact) mass is 968 g/mol. The summed E-state index contributed by atoms with van der Waals surface area (Å²) >= 11 is 0. The summed E-state index contributed by atoms with van der Waals surface area (Å²) in [5.41, 5.74) is 0. The van der Waals surface area contributed by atoms with Crippen LogP contribution in [0.4, 0.5) is 0 Å². The molecular formula is C44H72O16Si4. The van der Waals surface area contributed by atoms with Gasteiger partial charge in [-0.1, -0.05) is 0 Å². The SMILES string of the molecule is C[Si]1(CCCOC(=O)C2CCC3OC3C2)O[Si](C)(CCCOC(=O)C2CCC3OC3C2)O[Si](C)(CCCOC(=O)C2CCC3OC3C2)O[Si](C)(CCCOC(=O)C2CCC3OC3C2)O1. The first kappa shape index (κ1) is 47.5. The first-order chi connectivity index (χ1) is 30.6. The Balaban J connectivity index is 0.851. The van der Waals surface area contributed by atoms with Crippen LogP contribution in [0.1, 0.15) is 103 Å². The van der Waals surface area contributed by atoms with E-state index in [2.05, 4.69) is 26.2 Å². The maximum atomic E-state index is 13.1. The summed E-state index contributed by atoms with van der Waals surface area (Å²) in [6.07, 6.45) is 13.9. The van der Waals surface area contributed by atoms with Crippen molar-refractivity contribution in [3.05, 3.63) is 0 Å². The summed E-state index contributed by atoms with van der Waals surface area (Å²) in [5.74, 6) is -1.18. The Labute approximate surface area is 382 Å². The lowest BCUT2D eigenvalue weighted by molar-refractivity contribution is -0.150. The Morgan fingerprint density at radius 3 is 0.781 bits per heavy atom. The van der Waals surface area contributed by atoms with Gasteiger partial charge in [0.25, 0.3) is 0 Å². The lowest BCUT2D eigenvalue weighted by Gasteiger charge is -2.50. The molecule has 0 amide bonds. The molecule has 12 atom stereocenters. The van der Waals surface area contributed by atoms with Gasteiger partial charge in [-0.25, -0.2) is 0 Å². The highest BCUT2D eigenvalue weighted by Crippen LogP contribution is 2.44. The Morgan fingerprint density at radius 2 is 0.578 bits per heavy atom. The molecule has 0 bridgehead atoms. The Kier molecular flexibility index (Phi) is 14.7. The van der Waals surface area contributed by atoms with Crippen LogP contribution in [0.2, 0.25) is 50.4 Å². The topological polar surface area (TPSA) is 192 Å². The lowest BCUT2D eigenvalue weighted by atomic mass is 9.89. The molecule has 0 aromatic heterocycles. The molecule has 9 aliphatic rings. The van der Waals surface area contributed by atoms with Crippen molar-refractivity contribution in [2.24, 2.45) is 23.7 Å². The fraction of sp³-hybridized carbons (Fsp3) is 0.909. The summed E-state index contributed by atoms with van der Waals surface area (Å²) in [7, 11) is -12.4. The van der Waals surface area contributed by atoms with Gasteiger partial charge in [-0.05, 0) is 153 Å². The Morgan fingerprint density at radius 1 is 0.359 bits per heavy atom. The van der Waals surface area contributed by atoms with Crippen molar-refractivity contribution >= 4 is 58.1 Å². The summed E-state index contributed by atoms with van der Waals surface area (Å²) in [4.78, 5) is 52.3. The first-order valence-corrected chi connectivity index (χ1v) is 34.8. The molecule has 5 heterocycles. The number of epoxide rings is 4. The minimum atomic E-state index is -3.11. The van der Waals surface area contributed by atoms with Crippen LogP contribution in [0.15, 0.2) is 0 Å². The van der Waals surface area contributed by atoms with E-state index in [9.17, 15) is 19.2 Å². The average Bonchev–Trinajstić information content (AvgIpc) is 4.07. The van der Waals surface area contributed by atoms with Crippen LogP contribution < -0.4 is 0 Å². The van der Waals surface area contributed by atoms with Crippen LogP contribution in [-0.4, -0.2) is 133 Å². The van der Waals surface area contributed by atoms with Gasteiger partial charge in [-0.2, -0.15) is 0 Å². The van der Waals surface area contributed by atoms with E-state index in [0.29, 0.717) is 74.3 Å². The molecule has 0 aromatic rings. The van der Waals surface area contributed by atoms with E-state index in [4.69, 9.17) is 54.4 Å². The van der Waals surface area contributed by atoms with E-state index in [0.717, 1.165) is 77.0 Å². The minimum absolute atomic E-state index is 0.130. The van der Waals surface area contributed by atoms with Gasteiger partial charge in [0.1, 0.15) is 0 Å². The number of ether oxygens (including phenoxy) is 8. The van der Waals surface area contributed by atoms with Crippen LogP contribution in [0, 0.1) is 23.7 Å². The van der Waals surface area contributed by atoms with Gasteiger partial charge >= 0.3 is 58.1 Å². The fourth-order valence-corrected chi connectivity index (χ4v) is 34.7. The predicted molar refractivity (Wildman–Crippen MR) is 236 cm³/mol.